The summed E-state index contributed by atoms with van der Waals surface area (Å²) in [5.74, 6) is -2.30. The summed E-state index contributed by atoms with van der Waals surface area (Å²) < 4.78 is 26.3. The lowest BCUT2D eigenvalue weighted by atomic mass is 10.2. The van der Waals surface area contributed by atoms with E-state index in [1.54, 1.807) is 29.6 Å². The van der Waals surface area contributed by atoms with Crippen molar-refractivity contribution < 1.29 is 18.4 Å². The van der Waals surface area contributed by atoms with E-state index in [0.717, 1.165) is 18.2 Å². The molecular formula is C18H12F2N2O2S. The lowest BCUT2D eigenvalue weighted by molar-refractivity contribution is 0.102. The Labute approximate surface area is 146 Å². The maximum Gasteiger partial charge on any atom is 0.265 e. The molecule has 3 rings (SSSR count). The maximum atomic E-state index is 13.1. The Balaban J connectivity index is 1.67. The van der Waals surface area contributed by atoms with Gasteiger partial charge in [0.25, 0.3) is 11.8 Å². The van der Waals surface area contributed by atoms with E-state index in [-0.39, 0.29) is 11.6 Å². The van der Waals surface area contributed by atoms with Crippen LogP contribution in [-0.2, 0) is 0 Å². The molecule has 0 saturated carbocycles. The van der Waals surface area contributed by atoms with Crippen molar-refractivity contribution in [2.45, 2.75) is 0 Å². The fraction of sp³-hybridized carbons (Fsp3) is 0. The summed E-state index contributed by atoms with van der Waals surface area (Å²) in [6.45, 7) is 0. The Morgan fingerprint density at radius 1 is 0.800 bits per heavy atom. The van der Waals surface area contributed by atoms with Gasteiger partial charge in [0.1, 0.15) is 11.6 Å². The Hall–Kier alpha value is -3.06. The van der Waals surface area contributed by atoms with Gasteiger partial charge in [0.05, 0.1) is 4.88 Å². The molecular weight excluding hydrogens is 346 g/mol. The molecule has 2 amide bonds. The van der Waals surface area contributed by atoms with Gasteiger partial charge in [-0.25, -0.2) is 8.78 Å². The molecule has 0 saturated heterocycles. The molecule has 1 heterocycles. The van der Waals surface area contributed by atoms with E-state index in [0.29, 0.717) is 16.1 Å². The third-order valence-corrected chi connectivity index (χ3v) is 4.14. The molecule has 0 unspecified atom stereocenters. The number of halogens is 2. The highest BCUT2D eigenvalue weighted by Crippen LogP contribution is 2.17. The van der Waals surface area contributed by atoms with E-state index < -0.39 is 17.5 Å². The number of amides is 2. The molecule has 25 heavy (non-hydrogen) atoms. The molecule has 0 radical (unpaired) electrons. The van der Waals surface area contributed by atoms with Crippen LogP contribution in [-0.4, -0.2) is 11.8 Å². The van der Waals surface area contributed by atoms with E-state index in [9.17, 15) is 18.4 Å². The Bertz CT molecular complexity index is 889. The first-order valence-corrected chi connectivity index (χ1v) is 8.11. The molecule has 1 aromatic heterocycles. The van der Waals surface area contributed by atoms with Crippen molar-refractivity contribution >= 4 is 34.5 Å². The van der Waals surface area contributed by atoms with Gasteiger partial charge in [-0.05, 0) is 47.8 Å². The van der Waals surface area contributed by atoms with E-state index in [4.69, 9.17) is 0 Å². The predicted octanol–water partition coefficient (Wildman–Crippen LogP) is 4.53. The maximum absolute atomic E-state index is 13.1. The van der Waals surface area contributed by atoms with E-state index in [1.807, 2.05) is 0 Å². The van der Waals surface area contributed by atoms with Crippen LogP contribution in [0.25, 0.3) is 0 Å². The van der Waals surface area contributed by atoms with Gasteiger partial charge in [0.15, 0.2) is 0 Å². The molecule has 0 spiro atoms. The zero-order valence-corrected chi connectivity index (χ0v) is 13.6. The number of thiophene rings is 1. The van der Waals surface area contributed by atoms with E-state index in [1.165, 1.54) is 23.5 Å². The molecule has 2 aromatic carbocycles. The molecule has 0 aliphatic carbocycles. The van der Waals surface area contributed by atoms with Crippen LogP contribution >= 0.6 is 11.3 Å². The third kappa shape index (κ3) is 4.27. The van der Waals surface area contributed by atoms with Crippen molar-refractivity contribution in [3.63, 3.8) is 0 Å². The highest BCUT2D eigenvalue weighted by atomic mass is 32.1. The second-order valence-electron chi connectivity index (χ2n) is 5.12. The van der Waals surface area contributed by atoms with Crippen LogP contribution in [0.3, 0.4) is 0 Å². The first-order valence-electron chi connectivity index (χ1n) is 7.23. The third-order valence-electron chi connectivity index (χ3n) is 3.27. The Morgan fingerprint density at radius 3 is 2.04 bits per heavy atom. The van der Waals surface area contributed by atoms with Gasteiger partial charge in [-0.2, -0.15) is 0 Å². The van der Waals surface area contributed by atoms with Crippen LogP contribution in [0.1, 0.15) is 20.0 Å². The van der Waals surface area contributed by atoms with Crippen molar-refractivity contribution in [1.82, 2.24) is 0 Å². The number of hydrogen-bond acceptors (Lipinski definition) is 3. The summed E-state index contributed by atoms with van der Waals surface area (Å²) >= 11 is 1.32. The second-order valence-corrected chi connectivity index (χ2v) is 6.07. The normalized spacial score (nSPS) is 10.3. The van der Waals surface area contributed by atoms with Crippen LogP contribution < -0.4 is 10.6 Å². The van der Waals surface area contributed by atoms with Gasteiger partial charge in [0, 0.05) is 23.0 Å². The number of carbonyl (C=O) groups excluding carboxylic acids is 2. The van der Waals surface area contributed by atoms with Crippen LogP contribution in [0.15, 0.2) is 60.0 Å². The quantitative estimate of drug-likeness (QED) is 0.720. The van der Waals surface area contributed by atoms with Crippen molar-refractivity contribution in [1.29, 1.82) is 0 Å². The van der Waals surface area contributed by atoms with Crippen LogP contribution in [0.5, 0.6) is 0 Å². The highest BCUT2D eigenvalue weighted by molar-refractivity contribution is 7.12. The number of carbonyl (C=O) groups is 2. The van der Waals surface area contributed by atoms with E-state index >= 15 is 0 Å². The summed E-state index contributed by atoms with van der Waals surface area (Å²) in [4.78, 5) is 24.6. The van der Waals surface area contributed by atoms with Crippen molar-refractivity contribution in [3.8, 4) is 0 Å². The molecule has 0 bridgehead atoms. The zero-order valence-electron chi connectivity index (χ0n) is 12.8. The molecule has 7 heteroatoms. The van der Waals surface area contributed by atoms with Crippen molar-refractivity contribution in [2.75, 3.05) is 10.6 Å². The minimum atomic E-state index is -0.776. The van der Waals surface area contributed by atoms with Gasteiger partial charge in [-0.3, -0.25) is 9.59 Å². The number of benzene rings is 2. The largest absolute Gasteiger partial charge is 0.322 e. The summed E-state index contributed by atoms with van der Waals surface area (Å²) in [6, 6.07) is 12.4. The van der Waals surface area contributed by atoms with Gasteiger partial charge in [0.2, 0.25) is 0 Å². The SMILES string of the molecule is O=C(Nc1cc(F)cc(F)c1)c1ccc(NC(=O)c2cccs2)cc1. The molecule has 126 valence electrons. The zero-order chi connectivity index (χ0) is 17.8. The minimum Gasteiger partial charge on any atom is -0.322 e. The minimum absolute atomic E-state index is 0.0255. The van der Waals surface area contributed by atoms with Crippen LogP contribution in [0, 0.1) is 11.6 Å². The standard InChI is InChI=1S/C18H12F2N2O2S/c19-12-8-13(20)10-15(9-12)22-17(23)11-3-5-14(6-4-11)21-18(24)16-2-1-7-25-16/h1-10H,(H,21,24)(H,22,23). The lowest BCUT2D eigenvalue weighted by Gasteiger charge is -2.07. The Kier molecular flexibility index (Phi) is 4.85. The number of rotatable bonds is 4. The van der Waals surface area contributed by atoms with Gasteiger partial charge in [-0.1, -0.05) is 6.07 Å². The van der Waals surface area contributed by atoms with Gasteiger partial charge >= 0.3 is 0 Å². The summed E-state index contributed by atoms with van der Waals surface area (Å²) in [5, 5.41) is 6.94. The van der Waals surface area contributed by atoms with Gasteiger partial charge in [-0.15, -0.1) is 11.3 Å². The predicted molar refractivity (Wildman–Crippen MR) is 93.0 cm³/mol. The summed E-state index contributed by atoms with van der Waals surface area (Å²) in [5.41, 5.74) is 0.850. The number of hydrogen-bond donors (Lipinski definition) is 2. The molecule has 0 aliphatic rings. The smallest absolute Gasteiger partial charge is 0.265 e. The molecule has 0 aliphatic heterocycles. The fourth-order valence-electron chi connectivity index (χ4n) is 2.13. The number of anilines is 2. The molecule has 4 nitrogen and oxygen atoms in total. The van der Waals surface area contributed by atoms with Crippen LogP contribution in [0.2, 0.25) is 0 Å². The molecule has 0 fully saturated rings. The van der Waals surface area contributed by atoms with E-state index in [2.05, 4.69) is 10.6 Å². The van der Waals surface area contributed by atoms with Crippen molar-refractivity contribution in [2.24, 2.45) is 0 Å². The molecule has 2 N–H and O–H groups in total. The topological polar surface area (TPSA) is 58.2 Å². The molecule has 3 aromatic rings. The highest BCUT2D eigenvalue weighted by Gasteiger charge is 2.10. The second kappa shape index (κ2) is 7.23. The Morgan fingerprint density at radius 2 is 1.44 bits per heavy atom. The van der Waals surface area contributed by atoms with Gasteiger partial charge < -0.3 is 10.6 Å². The first-order chi connectivity index (χ1) is 12.0. The monoisotopic (exact) mass is 358 g/mol. The summed E-state index contributed by atoms with van der Waals surface area (Å²) in [7, 11) is 0. The molecule has 0 atom stereocenters. The van der Waals surface area contributed by atoms with Crippen molar-refractivity contribution in [3.05, 3.63) is 82.1 Å². The lowest BCUT2D eigenvalue weighted by Crippen LogP contribution is -2.13. The summed E-state index contributed by atoms with van der Waals surface area (Å²) in [6.07, 6.45) is 0. The number of nitrogens with one attached hydrogen (secondary N) is 2. The average Bonchev–Trinajstić information content (AvgIpc) is 3.09. The van der Waals surface area contributed by atoms with Crippen LogP contribution in [0.4, 0.5) is 20.2 Å². The first kappa shape index (κ1) is 16.8. The average molecular weight is 358 g/mol. The fourth-order valence-corrected chi connectivity index (χ4v) is 2.75.